The lowest BCUT2D eigenvalue weighted by Crippen LogP contribution is -2.19. The van der Waals surface area contributed by atoms with E-state index in [1.807, 2.05) is 0 Å². The van der Waals surface area contributed by atoms with E-state index in [9.17, 15) is 4.79 Å². The van der Waals surface area contributed by atoms with E-state index in [0.717, 1.165) is 5.56 Å². The van der Waals surface area contributed by atoms with Crippen LogP contribution in [0.3, 0.4) is 0 Å². The van der Waals surface area contributed by atoms with E-state index in [1.165, 1.54) is 6.92 Å². The van der Waals surface area contributed by atoms with Crippen LogP contribution in [0.1, 0.15) is 18.1 Å². The molecule has 0 bridgehead atoms. The molecule has 0 unspecified atom stereocenters. The maximum atomic E-state index is 10.6. The van der Waals surface area contributed by atoms with Crippen molar-refractivity contribution in [1.82, 2.24) is 5.32 Å². The molecule has 4 heteroatoms. The second-order valence-electron chi connectivity index (χ2n) is 3.17. The number of rotatable bonds is 2. The Labute approximate surface area is 99.4 Å². The number of carbonyl (C=O) groups excluding carboxylic acids is 1. The summed E-state index contributed by atoms with van der Waals surface area (Å²) < 4.78 is 0. The first-order chi connectivity index (χ1) is 7.63. The minimum absolute atomic E-state index is 0.106. The third kappa shape index (κ3) is 3.93. The predicted molar refractivity (Wildman–Crippen MR) is 62.9 cm³/mol. The first-order valence-electron chi connectivity index (χ1n) is 4.76. The third-order valence-electron chi connectivity index (χ3n) is 1.89. The van der Waals surface area contributed by atoms with Crippen LogP contribution in [0.5, 0.6) is 0 Å². The monoisotopic (exact) mass is 237 g/mol. The van der Waals surface area contributed by atoms with Crippen LogP contribution in [-0.2, 0) is 11.4 Å². The van der Waals surface area contributed by atoms with Gasteiger partial charge in [-0.15, -0.1) is 0 Å². The van der Waals surface area contributed by atoms with E-state index >= 15 is 0 Å². The van der Waals surface area contributed by atoms with Crippen molar-refractivity contribution in [2.45, 2.75) is 13.5 Å². The van der Waals surface area contributed by atoms with E-state index < -0.39 is 0 Å². The molecular formula is C12H12ClNO2. The van der Waals surface area contributed by atoms with Gasteiger partial charge in [0.25, 0.3) is 0 Å². The Morgan fingerprint density at radius 2 is 2.31 bits per heavy atom. The summed E-state index contributed by atoms with van der Waals surface area (Å²) in [5.41, 5.74) is 1.40. The number of carbonyl (C=O) groups is 1. The highest BCUT2D eigenvalue weighted by molar-refractivity contribution is 6.30. The van der Waals surface area contributed by atoms with Crippen LogP contribution in [0.4, 0.5) is 0 Å². The SMILES string of the molecule is CC(=O)NCC#Cc1ccc(Cl)cc1CO. The van der Waals surface area contributed by atoms with E-state index in [-0.39, 0.29) is 12.5 Å². The molecule has 0 aromatic heterocycles. The average Bonchev–Trinajstić information content (AvgIpc) is 2.25. The maximum absolute atomic E-state index is 10.6. The van der Waals surface area contributed by atoms with Gasteiger partial charge in [0.2, 0.25) is 5.91 Å². The lowest BCUT2D eigenvalue weighted by atomic mass is 10.1. The largest absolute Gasteiger partial charge is 0.392 e. The molecule has 1 rings (SSSR count). The number of benzene rings is 1. The number of halogens is 1. The van der Waals surface area contributed by atoms with Crippen molar-refractivity contribution < 1.29 is 9.90 Å². The molecule has 1 amide bonds. The van der Waals surface area contributed by atoms with Gasteiger partial charge < -0.3 is 10.4 Å². The van der Waals surface area contributed by atoms with Gasteiger partial charge >= 0.3 is 0 Å². The third-order valence-corrected chi connectivity index (χ3v) is 2.12. The first kappa shape index (κ1) is 12.6. The van der Waals surface area contributed by atoms with Crippen molar-refractivity contribution >= 4 is 17.5 Å². The van der Waals surface area contributed by atoms with Crippen LogP contribution in [0.2, 0.25) is 5.02 Å². The zero-order chi connectivity index (χ0) is 12.0. The summed E-state index contributed by atoms with van der Waals surface area (Å²) in [6.07, 6.45) is 0. The fourth-order valence-electron chi connectivity index (χ4n) is 1.12. The number of nitrogens with one attached hydrogen (secondary N) is 1. The average molecular weight is 238 g/mol. The van der Waals surface area contributed by atoms with Crippen molar-refractivity contribution in [2.75, 3.05) is 6.54 Å². The minimum Gasteiger partial charge on any atom is -0.392 e. The van der Waals surface area contributed by atoms with Crippen LogP contribution in [0.25, 0.3) is 0 Å². The molecule has 0 spiro atoms. The smallest absolute Gasteiger partial charge is 0.217 e. The molecule has 0 aliphatic rings. The summed E-state index contributed by atoms with van der Waals surface area (Å²) in [5.74, 6) is 5.54. The highest BCUT2D eigenvalue weighted by Crippen LogP contribution is 2.15. The number of aliphatic hydroxyl groups is 1. The van der Waals surface area contributed by atoms with Crippen molar-refractivity contribution in [1.29, 1.82) is 0 Å². The lowest BCUT2D eigenvalue weighted by molar-refractivity contribution is -0.118. The predicted octanol–water partition coefficient (Wildman–Crippen LogP) is 1.32. The van der Waals surface area contributed by atoms with Crippen LogP contribution in [0, 0.1) is 11.8 Å². The summed E-state index contributed by atoms with van der Waals surface area (Å²) in [5, 5.41) is 12.2. The lowest BCUT2D eigenvalue weighted by Gasteiger charge is -2.00. The van der Waals surface area contributed by atoms with Crippen molar-refractivity contribution in [3.63, 3.8) is 0 Å². The molecule has 2 N–H and O–H groups in total. The van der Waals surface area contributed by atoms with E-state index in [2.05, 4.69) is 17.2 Å². The van der Waals surface area contributed by atoms with Gasteiger partial charge in [-0.1, -0.05) is 23.4 Å². The molecule has 3 nitrogen and oxygen atoms in total. The first-order valence-corrected chi connectivity index (χ1v) is 5.14. The van der Waals surface area contributed by atoms with Crippen LogP contribution in [0.15, 0.2) is 18.2 Å². The van der Waals surface area contributed by atoms with E-state index in [4.69, 9.17) is 16.7 Å². The van der Waals surface area contributed by atoms with Crippen molar-refractivity contribution in [2.24, 2.45) is 0 Å². The molecule has 0 atom stereocenters. The van der Waals surface area contributed by atoms with Gasteiger partial charge in [0.1, 0.15) is 0 Å². The Hall–Kier alpha value is -1.50. The van der Waals surface area contributed by atoms with Gasteiger partial charge in [-0.05, 0) is 23.8 Å². The molecule has 84 valence electrons. The fourth-order valence-corrected chi connectivity index (χ4v) is 1.32. The summed E-state index contributed by atoms with van der Waals surface area (Å²) >= 11 is 5.78. The molecule has 0 saturated carbocycles. The van der Waals surface area contributed by atoms with Gasteiger partial charge in [0.15, 0.2) is 0 Å². The Balaban J connectivity index is 2.76. The van der Waals surface area contributed by atoms with Crippen molar-refractivity contribution in [3.8, 4) is 11.8 Å². The minimum atomic E-state index is -0.118. The quantitative estimate of drug-likeness (QED) is 0.763. The molecule has 1 aromatic rings. The summed E-state index contributed by atoms with van der Waals surface area (Å²) in [4.78, 5) is 10.6. The zero-order valence-electron chi connectivity index (χ0n) is 8.88. The second-order valence-corrected chi connectivity index (χ2v) is 3.61. The second kappa shape index (κ2) is 6.16. The Morgan fingerprint density at radius 1 is 1.56 bits per heavy atom. The topological polar surface area (TPSA) is 49.3 Å². The molecule has 0 saturated heterocycles. The molecule has 0 radical (unpaired) electrons. The number of hydrogen-bond donors (Lipinski definition) is 2. The number of amides is 1. The molecule has 1 aromatic carbocycles. The molecule has 0 aliphatic carbocycles. The van der Waals surface area contributed by atoms with Crippen molar-refractivity contribution in [3.05, 3.63) is 34.3 Å². The standard InChI is InChI=1S/C12H12ClNO2/c1-9(16)14-6-2-3-10-4-5-12(13)7-11(10)8-15/h4-5,7,15H,6,8H2,1H3,(H,14,16). The summed E-state index contributed by atoms with van der Waals surface area (Å²) in [6.45, 7) is 1.62. The van der Waals surface area contributed by atoms with Crippen LogP contribution < -0.4 is 5.32 Å². The molecular weight excluding hydrogens is 226 g/mol. The molecule has 16 heavy (non-hydrogen) atoms. The van der Waals surface area contributed by atoms with Gasteiger partial charge in [-0.3, -0.25) is 4.79 Å². The van der Waals surface area contributed by atoms with E-state index in [0.29, 0.717) is 17.1 Å². The zero-order valence-corrected chi connectivity index (χ0v) is 9.64. The normalized spacial score (nSPS) is 9.19. The Bertz CT molecular complexity index is 446. The molecule has 0 aliphatic heterocycles. The van der Waals surface area contributed by atoms with Gasteiger partial charge in [-0.2, -0.15) is 0 Å². The van der Waals surface area contributed by atoms with E-state index in [1.54, 1.807) is 18.2 Å². The number of aliphatic hydroxyl groups excluding tert-OH is 1. The number of hydrogen-bond acceptors (Lipinski definition) is 2. The van der Waals surface area contributed by atoms with Crippen LogP contribution >= 0.6 is 11.6 Å². The van der Waals surface area contributed by atoms with Gasteiger partial charge in [-0.25, -0.2) is 0 Å². The Morgan fingerprint density at radius 3 is 2.94 bits per heavy atom. The molecule has 0 fully saturated rings. The highest BCUT2D eigenvalue weighted by Gasteiger charge is 1.99. The van der Waals surface area contributed by atoms with Gasteiger partial charge in [0.05, 0.1) is 13.2 Å². The highest BCUT2D eigenvalue weighted by atomic mass is 35.5. The van der Waals surface area contributed by atoms with Gasteiger partial charge in [0, 0.05) is 17.5 Å². The summed E-state index contributed by atoms with van der Waals surface area (Å²) in [7, 11) is 0. The fraction of sp³-hybridized carbons (Fsp3) is 0.250. The molecule has 0 heterocycles. The maximum Gasteiger partial charge on any atom is 0.217 e. The summed E-state index contributed by atoms with van der Waals surface area (Å²) in [6, 6.07) is 5.13. The van der Waals surface area contributed by atoms with Crippen LogP contribution in [-0.4, -0.2) is 17.6 Å². The Kier molecular flexibility index (Phi) is 4.84.